The van der Waals surface area contributed by atoms with Crippen LogP contribution in [0.5, 0.6) is 5.75 Å². The number of aromatic nitrogens is 2. The minimum absolute atomic E-state index is 0.130. The summed E-state index contributed by atoms with van der Waals surface area (Å²) in [6, 6.07) is 6.31. The minimum Gasteiger partial charge on any atom is -0.496 e. The second kappa shape index (κ2) is 7.72. The van der Waals surface area contributed by atoms with Crippen molar-refractivity contribution in [1.82, 2.24) is 15.1 Å². The predicted octanol–water partition coefficient (Wildman–Crippen LogP) is 2.29. The Hall–Kier alpha value is -2.70. The van der Waals surface area contributed by atoms with Crippen molar-refractivity contribution < 1.29 is 13.9 Å². The third kappa shape index (κ3) is 3.98. The maximum atomic E-state index is 13.5. The number of ether oxygens (including phenoxy) is 1. The van der Waals surface area contributed by atoms with Crippen molar-refractivity contribution in [2.45, 2.75) is 32.9 Å². The zero-order chi connectivity index (χ0) is 17.7. The standard InChI is InChI=1S/C17H20FN3O3/c1-4-9-21-16(22)8-6-14(20-21)17(23)19-11(2)13-10-12(18)5-7-15(13)24-3/h5-8,10-11H,4,9H2,1-3H3,(H,19,23)/t11-/m0/s1. The van der Waals surface area contributed by atoms with Gasteiger partial charge in [-0.25, -0.2) is 9.07 Å². The van der Waals surface area contributed by atoms with E-state index in [-0.39, 0.29) is 11.3 Å². The SMILES string of the molecule is CCCn1nc(C(=O)N[C@@H](C)c2cc(F)ccc2OC)ccc1=O. The van der Waals surface area contributed by atoms with Crippen LogP contribution in [-0.4, -0.2) is 22.8 Å². The van der Waals surface area contributed by atoms with E-state index < -0.39 is 17.8 Å². The molecule has 0 aliphatic carbocycles. The second-order valence-corrected chi connectivity index (χ2v) is 5.36. The molecule has 24 heavy (non-hydrogen) atoms. The van der Waals surface area contributed by atoms with Crippen molar-refractivity contribution in [1.29, 1.82) is 0 Å². The van der Waals surface area contributed by atoms with Gasteiger partial charge in [0.15, 0.2) is 0 Å². The molecule has 6 nitrogen and oxygen atoms in total. The third-order valence-corrected chi connectivity index (χ3v) is 3.54. The number of rotatable bonds is 6. The molecule has 0 aliphatic heterocycles. The molecule has 0 bridgehead atoms. The number of benzene rings is 1. The number of nitrogens with zero attached hydrogens (tertiary/aromatic N) is 2. The van der Waals surface area contributed by atoms with E-state index in [1.807, 2.05) is 6.92 Å². The highest BCUT2D eigenvalue weighted by Crippen LogP contribution is 2.25. The van der Waals surface area contributed by atoms with Crippen molar-refractivity contribution in [2.24, 2.45) is 0 Å². The van der Waals surface area contributed by atoms with Crippen molar-refractivity contribution >= 4 is 5.91 Å². The fourth-order valence-electron chi connectivity index (χ4n) is 2.33. The lowest BCUT2D eigenvalue weighted by atomic mass is 10.1. The quantitative estimate of drug-likeness (QED) is 0.880. The van der Waals surface area contributed by atoms with Gasteiger partial charge < -0.3 is 10.1 Å². The fourth-order valence-corrected chi connectivity index (χ4v) is 2.33. The molecule has 7 heteroatoms. The van der Waals surface area contributed by atoms with Crippen molar-refractivity contribution in [3.05, 3.63) is 57.8 Å². The lowest BCUT2D eigenvalue weighted by molar-refractivity contribution is 0.0931. The molecule has 0 radical (unpaired) electrons. The molecule has 1 N–H and O–H groups in total. The zero-order valence-electron chi connectivity index (χ0n) is 13.9. The van der Waals surface area contributed by atoms with E-state index in [2.05, 4.69) is 10.4 Å². The monoisotopic (exact) mass is 333 g/mol. The summed E-state index contributed by atoms with van der Waals surface area (Å²) in [4.78, 5) is 24.0. The molecule has 128 valence electrons. The molecule has 1 atom stereocenters. The molecule has 0 unspecified atom stereocenters. The van der Waals surface area contributed by atoms with Crippen LogP contribution in [0.2, 0.25) is 0 Å². The normalized spacial score (nSPS) is 11.8. The molecule has 0 aliphatic rings. The van der Waals surface area contributed by atoms with Crippen LogP contribution >= 0.6 is 0 Å². The maximum Gasteiger partial charge on any atom is 0.272 e. The van der Waals surface area contributed by atoms with Crippen LogP contribution in [0.1, 0.15) is 42.4 Å². The Morgan fingerprint density at radius 2 is 2.12 bits per heavy atom. The van der Waals surface area contributed by atoms with Gasteiger partial charge in [0.1, 0.15) is 17.3 Å². The summed E-state index contributed by atoms with van der Waals surface area (Å²) < 4.78 is 19.9. The highest BCUT2D eigenvalue weighted by molar-refractivity contribution is 5.92. The van der Waals surface area contributed by atoms with Gasteiger partial charge in [-0.1, -0.05) is 6.92 Å². The van der Waals surface area contributed by atoms with Crippen LogP contribution < -0.4 is 15.6 Å². The van der Waals surface area contributed by atoms with Crippen LogP contribution in [0.3, 0.4) is 0 Å². The number of carbonyl (C=O) groups excluding carboxylic acids is 1. The first kappa shape index (κ1) is 17.7. The van der Waals surface area contributed by atoms with Gasteiger partial charge in [-0.2, -0.15) is 5.10 Å². The number of carbonyl (C=O) groups is 1. The van der Waals surface area contributed by atoms with E-state index in [0.29, 0.717) is 17.9 Å². The molecule has 0 saturated heterocycles. The molecule has 1 amide bonds. The Labute approximate surface area is 139 Å². The second-order valence-electron chi connectivity index (χ2n) is 5.36. The van der Waals surface area contributed by atoms with Crippen molar-refractivity contribution in [2.75, 3.05) is 7.11 Å². The average Bonchev–Trinajstić information content (AvgIpc) is 2.56. The van der Waals surface area contributed by atoms with Gasteiger partial charge in [-0.15, -0.1) is 0 Å². The number of aryl methyl sites for hydroxylation is 1. The Bertz CT molecular complexity index is 789. The molecule has 1 aromatic heterocycles. The Morgan fingerprint density at radius 1 is 1.38 bits per heavy atom. The average molecular weight is 333 g/mol. The summed E-state index contributed by atoms with van der Waals surface area (Å²) in [7, 11) is 1.48. The van der Waals surface area contributed by atoms with Gasteiger partial charge in [0.25, 0.3) is 11.5 Å². The van der Waals surface area contributed by atoms with E-state index >= 15 is 0 Å². The number of methoxy groups -OCH3 is 1. The van der Waals surface area contributed by atoms with E-state index in [0.717, 1.165) is 6.42 Å². The summed E-state index contributed by atoms with van der Waals surface area (Å²) in [6.07, 6.45) is 0.731. The molecule has 1 aromatic carbocycles. The molecule has 0 saturated carbocycles. The van der Waals surface area contributed by atoms with Crippen LogP contribution in [0.4, 0.5) is 4.39 Å². The minimum atomic E-state index is -0.489. The van der Waals surface area contributed by atoms with E-state index in [1.165, 1.54) is 42.1 Å². The summed E-state index contributed by atoms with van der Waals surface area (Å²) in [6.45, 7) is 4.07. The third-order valence-electron chi connectivity index (χ3n) is 3.54. The van der Waals surface area contributed by atoms with Gasteiger partial charge in [-0.05, 0) is 37.6 Å². The van der Waals surface area contributed by atoms with E-state index in [4.69, 9.17) is 4.74 Å². The van der Waals surface area contributed by atoms with Crippen LogP contribution in [0.15, 0.2) is 35.1 Å². The topological polar surface area (TPSA) is 73.2 Å². The first-order valence-electron chi connectivity index (χ1n) is 7.68. The van der Waals surface area contributed by atoms with Crippen molar-refractivity contribution in [3.8, 4) is 5.75 Å². The molecule has 2 rings (SSSR count). The lowest BCUT2D eigenvalue weighted by Crippen LogP contribution is -2.31. The van der Waals surface area contributed by atoms with Crippen LogP contribution in [0.25, 0.3) is 0 Å². The summed E-state index contributed by atoms with van der Waals surface area (Å²) in [5, 5.41) is 6.80. The molecule has 2 aromatic rings. The number of halogens is 1. The molecule has 1 heterocycles. The van der Waals surface area contributed by atoms with E-state index in [1.54, 1.807) is 6.92 Å². The van der Waals surface area contributed by atoms with Gasteiger partial charge in [0.2, 0.25) is 0 Å². The Balaban J connectivity index is 2.22. The highest BCUT2D eigenvalue weighted by atomic mass is 19.1. The van der Waals surface area contributed by atoms with Gasteiger partial charge in [0, 0.05) is 18.2 Å². The van der Waals surface area contributed by atoms with E-state index in [9.17, 15) is 14.0 Å². The Morgan fingerprint density at radius 3 is 2.79 bits per heavy atom. The summed E-state index contributed by atoms with van der Waals surface area (Å²) in [5.41, 5.74) is 0.395. The molecular weight excluding hydrogens is 313 g/mol. The smallest absolute Gasteiger partial charge is 0.272 e. The molecule has 0 spiro atoms. The van der Waals surface area contributed by atoms with Crippen molar-refractivity contribution in [3.63, 3.8) is 0 Å². The number of hydrogen-bond acceptors (Lipinski definition) is 4. The van der Waals surface area contributed by atoms with Crippen LogP contribution in [-0.2, 0) is 6.54 Å². The van der Waals surface area contributed by atoms with Gasteiger partial charge in [-0.3, -0.25) is 9.59 Å². The molecule has 0 fully saturated rings. The number of amides is 1. The number of hydrogen-bond donors (Lipinski definition) is 1. The molecular formula is C17H20FN3O3. The first-order valence-corrected chi connectivity index (χ1v) is 7.68. The highest BCUT2D eigenvalue weighted by Gasteiger charge is 2.17. The Kier molecular flexibility index (Phi) is 5.68. The summed E-state index contributed by atoms with van der Waals surface area (Å²) in [5.74, 6) is -0.381. The van der Waals surface area contributed by atoms with Gasteiger partial charge in [0.05, 0.1) is 13.2 Å². The zero-order valence-corrected chi connectivity index (χ0v) is 13.9. The summed E-state index contributed by atoms with van der Waals surface area (Å²) >= 11 is 0. The largest absolute Gasteiger partial charge is 0.496 e. The fraction of sp³-hybridized carbons (Fsp3) is 0.353. The predicted molar refractivity (Wildman–Crippen MR) is 87.6 cm³/mol. The number of nitrogens with one attached hydrogen (secondary N) is 1. The lowest BCUT2D eigenvalue weighted by Gasteiger charge is -2.17. The maximum absolute atomic E-state index is 13.5. The van der Waals surface area contributed by atoms with Gasteiger partial charge >= 0.3 is 0 Å². The first-order chi connectivity index (χ1) is 11.5. The van der Waals surface area contributed by atoms with Crippen LogP contribution in [0, 0.1) is 5.82 Å².